The largest absolute Gasteiger partial charge is 0.330 e. The van der Waals surface area contributed by atoms with Crippen LogP contribution in [-0.2, 0) is 4.79 Å². The van der Waals surface area contributed by atoms with Crippen molar-refractivity contribution in [1.29, 1.82) is 0 Å². The van der Waals surface area contributed by atoms with Crippen LogP contribution in [0.4, 0.5) is 5.69 Å². The molecule has 0 atom stereocenters. The number of fused-ring (bicyclic) bond motifs is 1. The molecule has 1 saturated carbocycles. The Kier molecular flexibility index (Phi) is 4.34. The number of anilines is 1. The van der Waals surface area contributed by atoms with Crippen LogP contribution in [0.25, 0.3) is 10.9 Å². The first kappa shape index (κ1) is 14.9. The Morgan fingerprint density at radius 1 is 1.23 bits per heavy atom. The summed E-state index contributed by atoms with van der Waals surface area (Å²) in [5.74, 6) is 0.0312. The summed E-state index contributed by atoms with van der Waals surface area (Å²) >= 11 is 0. The highest BCUT2D eigenvalue weighted by Gasteiger charge is 2.33. The Morgan fingerprint density at radius 3 is 2.82 bits per heavy atom. The van der Waals surface area contributed by atoms with Gasteiger partial charge in [0.25, 0.3) is 0 Å². The van der Waals surface area contributed by atoms with Crippen molar-refractivity contribution in [2.24, 2.45) is 11.1 Å². The number of aromatic nitrogens is 2. The normalized spacial score (nSPS) is 17.3. The van der Waals surface area contributed by atoms with Gasteiger partial charge in [-0.3, -0.25) is 14.8 Å². The number of rotatable bonds is 4. The molecule has 0 unspecified atom stereocenters. The van der Waals surface area contributed by atoms with Gasteiger partial charge in [0.15, 0.2) is 0 Å². The highest BCUT2D eigenvalue weighted by Crippen LogP contribution is 2.38. The van der Waals surface area contributed by atoms with Crippen molar-refractivity contribution in [3.05, 3.63) is 30.7 Å². The summed E-state index contributed by atoms with van der Waals surface area (Å²) in [5, 5.41) is 3.88. The van der Waals surface area contributed by atoms with Crippen molar-refractivity contribution in [2.75, 3.05) is 11.9 Å². The summed E-state index contributed by atoms with van der Waals surface area (Å²) in [4.78, 5) is 20.9. The van der Waals surface area contributed by atoms with Crippen LogP contribution in [0.2, 0.25) is 0 Å². The van der Waals surface area contributed by atoms with Gasteiger partial charge in [-0.15, -0.1) is 0 Å². The van der Waals surface area contributed by atoms with E-state index in [4.69, 9.17) is 5.73 Å². The topological polar surface area (TPSA) is 80.9 Å². The molecular weight excluding hydrogens is 276 g/mol. The molecule has 0 bridgehead atoms. The lowest BCUT2D eigenvalue weighted by atomic mass is 9.71. The van der Waals surface area contributed by atoms with E-state index < -0.39 is 0 Å². The molecule has 0 spiro atoms. The molecule has 1 aliphatic rings. The first-order valence-electron chi connectivity index (χ1n) is 7.91. The first-order valence-corrected chi connectivity index (χ1v) is 7.91. The van der Waals surface area contributed by atoms with Gasteiger partial charge >= 0.3 is 0 Å². The maximum atomic E-state index is 12.5. The molecular formula is C17H22N4O. The number of carbonyl (C=O) groups is 1. The molecule has 5 nitrogen and oxygen atoms in total. The number of nitrogens with two attached hydrogens (primary N) is 1. The van der Waals surface area contributed by atoms with E-state index in [-0.39, 0.29) is 11.3 Å². The van der Waals surface area contributed by atoms with Crippen LogP contribution in [0.15, 0.2) is 30.7 Å². The average molecular weight is 298 g/mol. The maximum Gasteiger partial charge on any atom is 0.224 e. The quantitative estimate of drug-likeness (QED) is 0.909. The fraction of sp³-hybridized carbons (Fsp3) is 0.471. The summed E-state index contributed by atoms with van der Waals surface area (Å²) in [6.45, 7) is 0.582. The second-order valence-electron chi connectivity index (χ2n) is 6.24. The van der Waals surface area contributed by atoms with E-state index in [1.54, 1.807) is 18.6 Å². The molecule has 1 fully saturated rings. The summed E-state index contributed by atoms with van der Waals surface area (Å²) in [5.41, 5.74) is 7.55. The van der Waals surface area contributed by atoms with E-state index in [1.807, 2.05) is 12.1 Å². The van der Waals surface area contributed by atoms with E-state index in [0.717, 1.165) is 29.4 Å². The summed E-state index contributed by atoms with van der Waals surface area (Å²) in [6.07, 6.45) is 11.3. The third-order valence-electron chi connectivity index (χ3n) is 4.70. The molecule has 0 radical (unpaired) electrons. The van der Waals surface area contributed by atoms with E-state index in [0.29, 0.717) is 13.0 Å². The van der Waals surface area contributed by atoms with Crippen LogP contribution in [0, 0.1) is 5.41 Å². The molecule has 22 heavy (non-hydrogen) atoms. The fourth-order valence-electron chi connectivity index (χ4n) is 3.39. The molecule has 0 aromatic carbocycles. The van der Waals surface area contributed by atoms with E-state index in [2.05, 4.69) is 15.3 Å². The number of carbonyl (C=O) groups excluding carboxylic acids is 1. The number of hydrogen-bond donors (Lipinski definition) is 2. The van der Waals surface area contributed by atoms with E-state index in [9.17, 15) is 4.79 Å². The second kappa shape index (κ2) is 6.40. The molecule has 0 aliphatic heterocycles. The van der Waals surface area contributed by atoms with Crippen LogP contribution in [0.5, 0.6) is 0 Å². The number of hydrogen-bond acceptors (Lipinski definition) is 4. The Hall–Kier alpha value is -2.01. The highest BCUT2D eigenvalue weighted by molar-refractivity contribution is 6.00. The Balaban J connectivity index is 1.75. The molecule has 1 amide bonds. The minimum absolute atomic E-state index is 0.0244. The number of amides is 1. The average Bonchev–Trinajstić information content (AvgIpc) is 2.56. The van der Waals surface area contributed by atoms with Crippen molar-refractivity contribution in [1.82, 2.24) is 9.97 Å². The molecule has 3 N–H and O–H groups in total. The Morgan fingerprint density at radius 2 is 2.05 bits per heavy atom. The predicted molar refractivity (Wildman–Crippen MR) is 87.4 cm³/mol. The minimum Gasteiger partial charge on any atom is -0.330 e. The summed E-state index contributed by atoms with van der Waals surface area (Å²) in [7, 11) is 0. The zero-order valence-corrected chi connectivity index (χ0v) is 12.7. The molecule has 116 valence electrons. The van der Waals surface area contributed by atoms with Crippen LogP contribution >= 0.6 is 0 Å². The zero-order chi connectivity index (χ0) is 15.4. The van der Waals surface area contributed by atoms with Crippen LogP contribution in [0.3, 0.4) is 0 Å². The van der Waals surface area contributed by atoms with E-state index in [1.165, 1.54) is 19.3 Å². The molecule has 3 rings (SSSR count). The van der Waals surface area contributed by atoms with Gasteiger partial charge in [-0.1, -0.05) is 19.3 Å². The zero-order valence-electron chi connectivity index (χ0n) is 12.7. The fourth-order valence-corrected chi connectivity index (χ4v) is 3.39. The van der Waals surface area contributed by atoms with Crippen molar-refractivity contribution in [3.63, 3.8) is 0 Å². The highest BCUT2D eigenvalue weighted by atomic mass is 16.1. The number of nitrogens with one attached hydrogen (secondary N) is 1. The van der Waals surface area contributed by atoms with Gasteiger partial charge < -0.3 is 11.1 Å². The Labute approximate surface area is 130 Å². The molecule has 2 aromatic rings. The summed E-state index contributed by atoms with van der Waals surface area (Å²) in [6, 6.07) is 3.66. The van der Waals surface area contributed by atoms with Gasteiger partial charge in [-0.25, -0.2) is 0 Å². The van der Waals surface area contributed by atoms with Gasteiger partial charge in [0.05, 0.1) is 11.2 Å². The minimum atomic E-state index is -0.0244. The van der Waals surface area contributed by atoms with Crippen LogP contribution < -0.4 is 11.1 Å². The van der Waals surface area contributed by atoms with Crippen molar-refractivity contribution < 1.29 is 4.79 Å². The lowest BCUT2D eigenvalue weighted by Gasteiger charge is -2.35. The van der Waals surface area contributed by atoms with E-state index >= 15 is 0 Å². The molecule has 5 heteroatoms. The maximum absolute atomic E-state index is 12.5. The molecule has 1 aliphatic carbocycles. The number of nitrogens with zero attached hydrogens (tertiary/aromatic N) is 2. The second-order valence-corrected chi connectivity index (χ2v) is 6.24. The van der Waals surface area contributed by atoms with Gasteiger partial charge in [0, 0.05) is 30.4 Å². The lowest BCUT2D eigenvalue weighted by molar-refractivity contribution is -0.118. The van der Waals surface area contributed by atoms with Gasteiger partial charge in [-0.05, 0) is 36.9 Å². The third-order valence-corrected chi connectivity index (χ3v) is 4.70. The van der Waals surface area contributed by atoms with Gasteiger partial charge in [0.1, 0.15) is 0 Å². The summed E-state index contributed by atoms with van der Waals surface area (Å²) < 4.78 is 0. The van der Waals surface area contributed by atoms with Crippen LogP contribution in [-0.4, -0.2) is 22.4 Å². The lowest BCUT2D eigenvalue weighted by Crippen LogP contribution is -2.36. The monoisotopic (exact) mass is 298 g/mol. The van der Waals surface area contributed by atoms with Crippen molar-refractivity contribution >= 4 is 22.5 Å². The van der Waals surface area contributed by atoms with Crippen molar-refractivity contribution in [3.8, 4) is 0 Å². The molecule has 2 aromatic heterocycles. The third kappa shape index (κ3) is 3.09. The smallest absolute Gasteiger partial charge is 0.224 e. The first-order chi connectivity index (χ1) is 10.7. The SMILES string of the molecule is NCC1(CC(=O)Nc2ccnc3ccncc23)CCCCC1. The van der Waals surface area contributed by atoms with Gasteiger partial charge in [-0.2, -0.15) is 0 Å². The molecule has 0 saturated heterocycles. The Bertz CT molecular complexity index is 659. The predicted octanol–water partition coefficient (Wildman–Crippen LogP) is 2.87. The van der Waals surface area contributed by atoms with Crippen LogP contribution in [0.1, 0.15) is 38.5 Å². The number of pyridine rings is 2. The standard InChI is InChI=1S/C17H22N4O/c18-12-17(6-2-1-3-7-17)10-16(22)21-15-5-9-20-14-4-8-19-11-13(14)15/h4-5,8-9,11H,1-3,6-7,10,12,18H2,(H,20,21,22). The van der Waals surface area contributed by atoms with Crippen molar-refractivity contribution in [2.45, 2.75) is 38.5 Å². The molecule has 2 heterocycles. The van der Waals surface area contributed by atoms with Gasteiger partial charge in [0.2, 0.25) is 5.91 Å².